The zero-order valence-corrected chi connectivity index (χ0v) is 13.7. The van der Waals surface area contributed by atoms with Gasteiger partial charge in [0.25, 0.3) is 0 Å². The standard InChI is InChI=1S/C19H20N2O4/c22-16-8-4-7-14(18(16)24)12-21-15(11-13-5-2-1-3-6-13)19(25)20-10-9-17(21)23/h1-8,15,22,24H,9-12H2,(H,20,25)/t15-/m0/s1. The average Bonchev–Trinajstić information content (AvgIpc) is 2.73. The van der Waals surface area contributed by atoms with E-state index >= 15 is 0 Å². The Kier molecular flexibility index (Phi) is 4.88. The van der Waals surface area contributed by atoms with E-state index in [0.717, 1.165) is 5.56 Å². The molecule has 1 atom stereocenters. The molecule has 6 nitrogen and oxygen atoms in total. The summed E-state index contributed by atoms with van der Waals surface area (Å²) >= 11 is 0. The molecule has 2 aromatic rings. The lowest BCUT2D eigenvalue weighted by Crippen LogP contribution is -2.47. The highest BCUT2D eigenvalue weighted by Crippen LogP contribution is 2.30. The maximum atomic E-state index is 12.6. The van der Waals surface area contributed by atoms with Gasteiger partial charge in [-0.3, -0.25) is 9.59 Å². The molecule has 1 aliphatic rings. The van der Waals surface area contributed by atoms with Crippen LogP contribution >= 0.6 is 0 Å². The second-order valence-electron chi connectivity index (χ2n) is 6.05. The van der Waals surface area contributed by atoms with Gasteiger partial charge in [-0.1, -0.05) is 42.5 Å². The van der Waals surface area contributed by atoms with Crippen molar-refractivity contribution < 1.29 is 19.8 Å². The Labute approximate surface area is 145 Å². The highest BCUT2D eigenvalue weighted by Gasteiger charge is 2.33. The van der Waals surface area contributed by atoms with E-state index in [-0.39, 0.29) is 36.3 Å². The van der Waals surface area contributed by atoms with Gasteiger partial charge in [-0.05, 0) is 11.6 Å². The Morgan fingerprint density at radius 1 is 1.04 bits per heavy atom. The number of amides is 2. The van der Waals surface area contributed by atoms with E-state index in [1.165, 1.54) is 11.0 Å². The third kappa shape index (κ3) is 3.74. The molecule has 0 spiro atoms. The maximum Gasteiger partial charge on any atom is 0.243 e. The van der Waals surface area contributed by atoms with Crippen molar-refractivity contribution in [3.05, 3.63) is 59.7 Å². The number of phenols is 2. The molecule has 2 amide bonds. The molecule has 130 valence electrons. The molecular formula is C19H20N2O4. The predicted molar refractivity (Wildman–Crippen MR) is 91.9 cm³/mol. The third-order valence-electron chi connectivity index (χ3n) is 4.35. The minimum absolute atomic E-state index is 0.0595. The summed E-state index contributed by atoms with van der Waals surface area (Å²) in [5.74, 6) is -0.890. The molecule has 3 rings (SSSR count). The number of carbonyl (C=O) groups excluding carboxylic acids is 2. The molecule has 0 radical (unpaired) electrons. The highest BCUT2D eigenvalue weighted by molar-refractivity contribution is 5.90. The number of carbonyl (C=O) groups is 2. The highest BCUT2D eigenvalue weighted by atomic mass is 16.3. The number of hydrogen-bond acceptors (Lipinski definition) is 4. The van der Waals surface area contributed by atoms with Crippen LogP contribution in [0.25, 0.3) is 0 Å². The van der Waals surface area contributed by atoms with Crippen LogP contribution in [0.15, 0.2) is 48.5 Å². The Balaban J connectivity index is 1.91. The fourth-order valence-electron chi connectivity index (χ4n) is 3.00. The number of rotatable bonds is 4. The van der Waals surface area contributed by atoms with Crippen LogP contribution in [0.2, 0.25) is 0 Å². The van der Waals surface area contributed by atoms with Crippen molar-refractivity contribution in [3.8, 4) is 11.5 Å². The van der Waals surface area contributed by atoms with Gasteiger partial charge in [0.1, 0.15) is 6.04 Å². The number of para-hydroxylation sites is 1. The van der Waals surface area contributed by atoms with Gasteiger partial charge in [0.15, 0.2) is 11.5 Å². The zero-order chi connectivity index (χ0) is 17.8. The molecule has 0 aliphatic carbocycles. The summed E-state index contributed by atoms with van der Waals surface area (Å²) in [5.41, 5.74) is 1.35. The van der Waals surface area contributed by atoms with Crippen molar-refractivity contribution in [1.29, 1.82) is 0 Å². The number of phenolic OH excluding ortho intramolecular Hbond substituents is 2. The van der Waals surface area contributed by atoms with E-state index in [2.05, 4.69) is 5.32 Å². The van der Waals surface area contributed by atoms with Gasteiger partial charge in [-0.2, -0.15) is 0 Å². The monoisotopic (exact) mass is 340 g/mol. The first-order chi connectivity index (χ1) is 12.1. The fraction of sp³-hybridized carbons (Fsp3) is 0.263. The number of hydrogen-bond donors (Lipinski definition) is 3. The van der Waals surface area contributed by atoms with Crippen LogP contribution in [0.3, 0.4) is 0 Å². The first kappa shape index (κ1) is 16.8. The lowest BCUT2D eigenvalue weighted by Gasteiger charge is -2.29. The molecule has 6 heteroatoms. The molecule has 0 bridgehead atoms. The van der Waals surface area contributed by atoms with Gasteiger partial charge < -0.3 is 20.4 Å². The van der Waals surface area contributed by atoms with Crippen LogP contribution in [-0.4, -0.2) is 39.5 Å². The molecule has 0 unspecified atom stereocenters. The van der Waals surface area contributed by atoms with Gasteiger partial charge in [0.05, 0.1) is 6.54 Å². The van der Waals surface area contributed by atoms with Gasteiger partial charge in [0.2, 0.25) is 11.8 Å². The second-order valence-corrected chi connectivity index (χ2v) is 6.05. The molecule has 0 aromatic heterocycles. The average molecular weight is 340 g/mol. The van der Waals surface area contributed by atoms with E-state index in [1.54, 1.807) is 12.1 Å². The second kappa shape index (κ2) is 7.25. The van der Waals surface area contributed by atoms with Crippen LogP contribution in [0.4, 0.5) is 0 Å². The van der Waals surface area contributed by atoms with Crippen LogP contribution in [0.1, 0.15) is 17.5 Å². The number of nitrogens with one attached hydrogen (secondary N) is 1. The quantitative estimate of drug-likeness (QED) is 0.737. The lowest BCUT2D eigenvalue weighted by molar-refractivity contribution is -0.138. The predicted octanol–water partition coefficient (Wildman–Crippen LogP) is 1.56. The third-order valence-corrected chi connectivity index (χ3v) is 4.35. The summed E-state index contributed by atoms with van der Waals surface area (Å²) < 4.78 is 0. The Morgan fingerprint density at radius 2 is 1.80 bits per heavy atom. The molecule has 1 fully saturated rings. The fourth-order valence-corrected chi connectivity index (χ4v) is 3.00. The van der Waals surface area contributed by atoms with Crippen LogP contribution < -0.4 is 5.32 Å². The van der Waals surface area contributed by atoms with Crippen molar-refractivity contribution in [2.24, 2.45) is 0 Å². The molecule has 1 heterocycles. The van der Waals surface area contributed by atoms with Crippen molar-refractivity contribution in [1.82, 2.24) is 10.2 Å². The summed E-state index contributed by atoms with van der Waals surface area (Å²) in [6.07, 6.45) is 0.592. The minimum Gasteiger partial charge on any atom is -0.504 e. The summed E-state index contributed by atoms with van der Waals surface area (Å²) in [7, 11) is 0. The normalized spacial score (nSPS) is 17.9. The van der Waals surface area contributed by atoms with Crippen molar-refractivity contribution in [2.75, 3.05) is 6.54 Å². The summed E-state index contributed by atoms with van der Waals surface area (Å²) in [5, 5.41) is 22.5. The summed E-state index contributed by atoms with van der Waals surface area (Å²) in [6, 6.07) is 13.4. The lowest BCUT2D eigenvalue weighted by atomic mass is 10.0. The number of aromatic hydroxyl groups is 2. The van der Waals surface area contributed by atoms with Gasteiger partial charge in [0, 0.05) is 24.9 Å². The van der Waals surface area contributed by atoms with E-state index in [1.807, 2.05) is 30.3 Å². The van der Waals surface area contributed by atoms with E-state index in [9.17, 15) is 19.8 Å². The smallest absolute Gasteiger partial charge is 0.243 e. The Bertz CT molecular complexity index is 776. The van der Waals surface area contributed by atoms with E-state index in [4.69, 9.17) is 0 Å². The minimum atomic E-state index is -0.667. The van der Waals surface area contributed by atoms with Gasteiger partial charge in [-0.15, -0.1) is 0 Å². The molecule has 0 saturated carbocycles. The first-order valence-corrected chi connectivity index (χ1v) is 8.17. The molecule has 1 aliphatic heterocycles. The summed E-state index contributed by atoms with van der Waals surface area (Å²) in [6.45, 7) is 0.357. The molecule has 25 heavy (non-hydrogen) atoms. The van der Waals surface area contributed by atoms with Gasteiger partial charge in [-0.25, -0.2) is 0 Å². The van der Waals surface area contributed by atoms with E-state index < -0.39 is 6.04 Å². The largest absolute Gasteiger partial charge is 0.504 e. The van der Waals surface area contributed by atoms with E-state index in [0.29, 0.717) is 18.5 Å². The van der Waals surface area contributed by atoms with Crippen LogP contribution in [-0.2, 0) is 22.6 Å². The zero-order valence-electron chi connectivity index (χ0n) is 13.7. The molecule has 3 N–H and O–H groups in total. The van der Waals surface area contributed by atoms with Gasteiger partial charge >= 0.3 is 0 Å². The van der Waals surface area contributed by atoms with Crippen LogP contribution in [0, 0.1) is 0 Å². The number of benzene rings is 2. The topological polar surface area (TPSA) is 89.9 Å². The molecule has 1 saturated heterocycles. The maximum absolute atomic E-state index is 12.6. The van der Waals surface area contributed by atoms with Crippen molar-refractivity contribution in [3.63, 3.8) is 0 Å². The summed E-state index contributed by atoms with van der Waals surface area (Å²) in [4.78, 5) is 26.5. The molecular weight excluding hydrogens is 320 g/mol. The Hall–Kier alpha value is -3.02. The van der Waals surface area contributed by atoms with Crippen molar-refractivity contribution >= 4 is 11.8 Å². The van der Waals surface area contributed by atoms with Crippen LogP contribution in [0.5, 0.6) is 11.5 Å². The SMILES string of the molecule is O=C1NCCC(=O)N(Cc2cccc(O)c2O)[C@H]1Cc1ccccc1. The first-order valence-electron chi connectivity index (χ1n) is 8.17. The Morgan fingerprint density at radius 3 is 2.56 bits per heavy atom. The van der Waals surface area contributed by atoms with Crippen molar-refractivity contribution in [2.45, 2.75) is 25.4 Å². The molecule has 2 aromatic carbocycles. The number of nitrogens with zero attached hydrogens (tertiary/aromatic N) is 1.